The highest BCUT2D eigenvalue weighted by Gasteiger charge is 2.16. The molecular formula is C24H30N4O4. The SMILES string of the molecule is CCOc1ccccc1C(=O)NCCCC(=O)NCc1ccc(N2CCNC(=O)C2)cc1. The van der Waals surface area contributed by atoms with Crippen LogP contribution in [0.15, 0.2) is 48.5 Å². The number of nitrogens with one attached hydrogen (secondary N) is 3. The Hall–Kier alpha value is -3.55. The van der Waals surface area contributed by atoms with Gasteiger partial charge in [0.2, 0.25) is 11.8 Å². The van der Waals surface area contributed by atoms with Crippen LogP contribution < -0.4 is 25.6 Å². The fourth-order valence-corrected chi connectivity index (χ4v) is 3.45. The molecule has 1 heterocycles. The molecule has 1 aliphatic rings. The lowest BCUT2D eigenvalue weighted by Crippen LogP contribution is -2.47. The molecule has 3 rings (SSSR count). The van der Waals surface area contributed by atoms with Gasteiger partial charge >= 0.3 is 0 Å². The van der Waals surface area contributed by atoms with E-state index in [1.54, 1.807) is 18.2 Å². The molecule has 8 nitrogen and oxygen atoms in total. The van der Waals surface area contributed by atoms with Crippen LogP contribution in [-0.4, -0.2) is 50.5 Å². The normalized spacial score (nSPS) is 13.3. The molecule has 0 aliphatic carbocycles. The van der Waals surface area contributed by atoms with E-state index in [9.17, 15) is 14.4 Å². The van der Waals surface area contributed by atoms with Crippen LogP contribution in [0.1, 0.15) is 35.7 Å². The van der Waals surface area contributed by atoms with E-state index in [-0.39, 0.29) is 17.7 Å². The molecule has 0 bridgehead atoms. The van der Waals surface area contributed by atoms with Gasteiger partial charge in [0.25, 0.3) is 5.91 Å². The predicted octanol–water partition coefficient (Wildman–Crippen LogP) is 1.85. The molecular weight excluding hydrogens is 408 g/mol. The summed E-state index contributed by atoms with van der Waals surface area (Å²) >= 11 is 0. The lowest BCUT2D eigenvalue weighted by molar-refractivity contribution is -0.121. The van der Waals surface area contributed by atoms with E-state index in [1.807, 2.05) is 42.2 Å². The van der Waals surface area contributed by atoms with Crippen LogP contribution in [0.5, 0.6) is 5.75 Å². The summed E-state index contributed by atoms with van der Waals surface area (Å²) in [5, 5.41) is 8.55. The van der Waals surface area contributed by atoms with Gasteiger partial charge in [-0.15, -0.1) is 0 Å². The van der Waals surface area contributed by atoms with Gasteiger partial charge in [-0.2, -0.15) is 0 Å². The van der Waals surface area contributed by atoms with Gasteiger partial charge < -0.3 is 25.6 Å². The number of nitrogens with zero attached hydrogens (tertiary/aromatic N) is 1. The highest BCUT2D eigenvalue weighted by atomic mass is 16.5. The molecule has 1 saturated heterocycles. The average Bonchev–Trinajstić information content (AvgIpc) is 2.81. The smallest absolute Gasteiger partial charge is 0.255 e. The maximum atomic E-state index is 12.3. The summed E-state index contributed by atoms with van der Waals surface area (Å²) in [5.74, 6) is 0.313. The summed E-state index contributed by atoms with van der Waals surface area (Å²) in [4.78, 5) is 38.0. The van der Waals surface area contributed by atoms with Gasteiger partial charge in [-0.05, 0) is 43.2 Å². The predicted molar refractivity (Wildman–Crippen MR) is 123 cm³/mol. The maximum Gasteiger partial charge on any atom is 0.255 e. The van der Waals surface area contributed by atoms with Gasteiger partial charge in [0.15, 0.2) is 0 Å². The molecule has 0 saturated carbocycles. The number of rotatable bonds is 10. The average molecular weight is 439 g/mol. The number of anilines is 1. The van der Waals surface area contributed by atoms with Gasteiger partial charge in [-0.25, -0.2) is 0 Å². The van der Waals surface area contributed by atoms with E-state index >= 15 is 0 Å². The zero-order valence-corrected chi connectivity index (χ0v) is 18.4. The van der Waals surface area contributed by atoms with Crippen molar-refractivity contribution in [1.29, 1.82) is 0 Å². The van der Waals surface area contributed by atoms with Gasteiger partial charge in [0, 0.05) is 38.3 Å². The number of benzene rings is 2. The fraction of sp³-hybridized carbons (Fsp3) is 0.375. The van der Waals surface area contributed by atoms with Crippen molar-refractivity contribution in [1.82, 2.24) is 16.0 Å². The number of ether oxygens (including phenoxy) is 1. The topological polar surface area (TPSA) is 99.8 Å². The molecule has 0 atom stereocenters. The summed E-state index contributed by atoms with van der Waals surface area (Å²) in [5.41, 5.74) is 2.48. The molecule has 0 radical (unpaired) electrons. The van der Waals surface area contributed by atoms with Gasteiger partial charge in [0.05, 0.1) is 18.7 Å². The fourth-order valence-electron chi connectivity index (χ4n) is 3.45. The number of para-hydroxylation sites is 1. The molecule has 2 aromatic carbocycles. The third-order valence-electron chi connectivity index (χ3n) is 5.13. The Morgan fingerprint density at radius 3 is 2.62 bits per heavy atom. The van der Waals surface area contributed by atoms with Gasteiger partial charge in [-0.1, -0.05) is 24.3 Å². The molecule has 0 aromatic heterocycles. The summed E-state index contributed by atoms with van der Waals surface area (Å²) in [7, 11) is 0. The van der Waals surface area contributed by atoms with E-state index in [0.717, 1.165) is 17.8 Å². The van der Waals surface area contributed by atoms with Crippen LogP contribution >= 0.6 is 0 Å². The number of amides is 3. The second-order valence-corrected chi connectivity index (χ2v) is 7.50. The standard InChI is InChI=1S/C24H30N4O4/c1-2-32-21-7-4-3-6-20(21)24(31)26-13-5-8-22(29)27-16-18-9-11-19(12-10-18)28-15-14-25-23(30)17-28/h3-4,6-7,9-12H,2,5,8,13-17H2,1H3,(H,25,30)(H,26,31)(H,27,29). The number of carbonyl (C=O) groups excluding carboxylic acids is 3. The van der Waals surface area contributed by atoms with E-state index in [4.69, 9.17) is 4.74 Å². The minimum absolute atomic E-state index is 0.0299. The minimum Gasteiger partial charge on any atom is -0.493 e. The first kappa shape index (κ1) is 23.1. The Kier molecular flexibility index (Phi) is 8.48. The largest absolute Gasteiger partial charge is 0.493 e. The minimum atomic E-state index is -0.208. The molecule has 3 N–H and O–H groups in total. The lowest BCUT2D eigenvalue weighted by atomic mass is 10.1. The number of carbonyl (C=O) groups is 3. The lowest BCUT2D eigenvalue weighted by Gasteiger charge is -2.28. The Morgan fingerprint density at radius 1 is 1.09 bits per heavy atom. The highest BCUT2D eigenvalue weighted by Crippen LogP contribution is 2.18. The number of piperazine rings is 1. The second kappa shape index (κ2) is 11.7. The quantitative estimate of drug-likeness (QED) is 0.492. The Balaban J connectivity index is 1.36. The van der Waals surface area contributed by atoms with Crippen molar-refractivity contribution in [2.75, 3.05) is 37.7 Å². The first-order valence-electron chi connectivity index (χ1n) is 10.9. The maximum absolute atomic E-state index is 12.3. The molecule has 3 amide bonds. The van der Waals surface area contributed by atoms with Gasteiger partial charge in [-0.3, -0.25) is 14.4 Å². The van der Waals surface area contributed by atoms with Crippen LogP contribution in [0.25, 0.3) is 0 Å². The molecule has 8 heteroatoms. The third kappa shape index (κ3) is 6.73. The molecule has 0 unspecified atom stereocenters. The van der Waals surface area contributed by atoms with E-state index < -0.39 is 0 Å². The number of hydrogen-bond acceptors (Lipinski definition) is 5. The Bertz CT molecular complexity index is 930. The highest BCUT2D eigenvalue weighted by molar-refractivity contribution is 5.96. The molecule has 170 valence electrons. The van der Waals surface area contributed by atoms with Crippen molar-refractivity contribution in [3.63, 3.8) is 0 Å². The first-order valence-corrected chi connectivity index (χ1v) is 10.9. The van der Waals surface area contributed by atoms with E-state index in [1.165, 1.54) is 0 Å². The zero-order chi connectivity index (χ0) is 22.8. The molecule has 0 spiro atoms. The second-order valence-electron chi connectivity index (χ2n) is 7.50. The van der Waals surface area contributed by atoms with Crippen LogP contribution in [0.2, 0.25) is 0 Å². The Labute approximate surface area is 188 Å². The zero-order valence-electron chi connectivity index (χ0n) is 18.4. The van der Waals surface area contributed by atoms with Crippen LogP contribution in [0.4, 0.5) is 5.69 Å². The third-order valence-corrected chi connectivity index (χ3v) is 5.13. The van der Waals surface area contributed by atoms with Crippen LogP contribution in [0, 0.1) is 0 Å². The molecule has 1 fully saturated rings. The van der Waals surface area contributed by atoms with Crippen molar-refractivity contribution in [3.8, 4) is 5.75 Å². The monoisotopic (exact) mass is 438 g/mol. The van der Waals surface area contributed by atoms with Crippen molar-refractivity contribution >= 4 is 23.4 Å². The van der Waals surface area contributed by atoms with Crippen LogP contribution in [-0.2, 0) is 16.1 Å². The Morgan fingerprint density at radius 2 is 1.88 bits per heavy atom. The van der Waals surface area contributed by atoms with Gasteiger partial charge in [0.1, 0.15) is 5.75 Å². The van der Waals surface area contributed by atoms with Crippen molar-refractivity contribution in [2.24, 2.45) is 0 Å². The molecule has 1 aliphatic heterocycles. The summed E-state index contributed by atoms with van der Waals surface area (Å²) in [6.45, 7) is 5.01. The van der Waals surface area contributed by atoms with E-state index in [2.05, 4.69) is 16.0 Å². The molecule has 2 aromatic rings. The van der Waals surface area contributed by atoms with Crippen molar-refractivity contribution < 1.29 is 19.1 Å². The first-order chi connectivity index (χ1) is 15.6. The van der Waals surface area contributed by atoms with Crippen molar-refractivity contribution in [3.05, 3.63) is 59.7 Å². The van der Waals surface area contributed by atoms with Crippen molar-refractivity contribution in [2.45, 2.75) is 26.3 Å². The summed E-state index contributed by atoms with van der Waals surface area (Å²) < 4.78 is 5.48. The number of hydrogen-bond donors (Lipinski definition) is 3. The van der Waals surface area contributed by atoms with E-state index in [0.29, 0.717) is 56.9 Å². The van der Waals surface area contributed by atoms with Crippen LogP contribution in [0.3, 0.4) is 0 Å². The summed E-state index contributed by atoms with van der Waals surface area (Å²) in [6, 6.07) is 15.0. The summed E-state index contributed by atoms with van der Waals surface area (Å²) in [6.07, 6.45) is 0.874. The molecule has 32 heavy (non-hydrogen) atoms.